The van der Waals surface area contributed by atoms with Gasteiger partial charge in [-0.05, 0) is 0 Å². The number of ketones is 1. The Morgan fingerprint density at radius 3 is 2.14 bits per heavy atom. The smallest absolute Gasteiger partial charge is 0.393 e. The highest BCUT2D eigenvalue weighted by Gasteiger charge is 2.37. The number of carbonyl (C=O) groups is 1. The maximum Gasteiger partial charge on any atom is 0.469 e. The summed E-state index contributed by atoms with van der Waals surface area (Å²) in [6.45, 7) is -3.26. The number of rotatable bonds is 6. The van der Waals surface area contributed by atoms with Crippen molar-refractivity contribution >= 4 is 13.6 Å². The van der Waals surface area contributed by atoms with Gasteiger partial charge < -0.3 is 25.1 Å². The number of aliphatic hydroxyl groups excluding tert-OH is 2. The van der Waals surface area contributed by atoms with Crippen molar-refractivity contribution in [2.75, 3.05) is 19.8 Å². The average molecular weight is 230 g/mol. The molecule has 14 heavy (non-hydrogen) atoms. The first-order chi connectivity index (χ1) is 6.25. The first-order valence-electron chi connectivity index (χ1n) is 3.42. The Labute approximate surface area is 79.0 Å². The molecule has 0 aliphatic rings. The minimum absolute atomic E-state index is 1.07. The lowest BCUT2D eigenvalue weighted by atomic mass is 10.0. The third-order valence-electron chi connectivity index (χ3n) is 1.40. The Bertz CT molecular complexity index is 246. The molecule has 0 amide bonds. The normalized spacial score (nSPS) is 16.4. The van der Waals surface area contributed by atoms with Crippen LogP contribution < -0.4 is 0 Å². The molecule has 0 aromatic rings. The summed E-state index contributed by atoms with van der Waals surface area (Å²) in [7, 11) is -4.83. The fourth-order valence-corrected chi connectivity index (χ4v) is 0.934. The van der Waals surface area contributed by atoms with Gasteiger partial charge in [0.2, 0.25) is 0 Å². The van der Waals surface area contributed by atoms with Crippen LogP contribution in [-0.2, 0) is 13.9 Å². The molecule has 0 saturated heterocycles. The second kappa shape index (κ2) is 4.94. The molecule has 0 bridgehead atoms. The Kier molecular flexibility index (Phi) is 4.82. The van der Waals surface area contributed by atoms with Crippen molar-refractivity contribution in [1.29, 1.82) is 0 Å². The SMILES string of the molecule is O=C(CO)C(O)(CO)COP(=O)(O)O. The highest BCUT2D eigenvalue weighted by atomic mass is 31.2. The molecule has 0 rings (SSSR count). The third kappa shape index (κ3) is 4.25. The largest absolute Gasteiger partial charge is 0.469 e. The molecule has 1 unspecified atom stereocenters. The summed E-state index contributed by atoms with van der Waals surface area (Å²) in [6, 6.07) is 0. The molecule has 9 heteroatoms. The highest BCUT2D eigenvalue weighted by Crippen LogP contribution is 2.36. The minimum Gasteiger partial charge on any atom is -0.393 e. The summed E-state index contributed by atoms with van der Waals surface area (Å²) in [5, 5.41) is 26.2. The van der Waals surface area contributed by atoms with Gasteiger partial charge in [0.1, 0.15) is 6.61 Å². The lowest BCUT2D eigenvalue weighted by Gasteiger charge is -2.22. The average Bonchev–Trinajstić information content (AvgIpc) is 2.11. The van der Waals surface area contributed by atoms with Crippen LogP contribution in [-0.4, -0.2) is 56.3 Å². The van der Waals surface area contributed by atoms with Crippen LogP contribution in [0, 0.1) is 0 Å². The summed E-state index contributed by atoms with van der Waals surface area (Å²) in [4.78, 5) is 27.3. The van der Waals surface area contributed by atoms with Crippen molar-refractivity contribution in [2.45, 2.75) is 5.60 Å². The fraction of sp³-hybridized carbons (Fsp3) is 0.800. The van der Waals surface area contributed by atoms with Gasteiger partial charge in [-0.25, -0.2) is 4.57 Å². The van der Waals surface area contributed by atoms with E-state index in [4.69, 9.17) is 20.0 Å². The number of hydrogen-bond acceptors (Lipinski definition) is 6. The lowest BCUT2D eigenvalue weighted by molar-refractivity contribution is -0.148. The molecule has 0 aliphatic heterocycles. The second-order valence-corrected chi connectivity index (χ2v) is 3.77. The standard InChI is InChI=1S/C5H11O8P/c6-1-4(8)5(9,2-7)3-13-14(10,11)12/h6-7,9H,1-3H2,(H2,10,11,12). The molecular formula is C5H11O8P. The highest BCUT2D eigenvalue weighted by molar-refractivity contribution is 7.46. The van der Waals surface area contributed by atoms with Crippen molar-refractivity contribution < 1.29 is 39.0 Å². The van der Waals surface area contributed by atoms with Crippen molar-refractivity contribution in [1.82, 2.24) is 0 Å². The van der Waals surface area contributed by atoms with Gasteiger partial charge >= 0.3 is 7.82 Å². The summed E-state index contributed by atoms with van der Waals surface area (Å²) < 4.78 is 14.0. The van der Waals surface area contributed by atoms with Crippen LogP contribution in [0.25, 0.3) is 0 Å². The Hall–Kier alpha value is -0.340. The van der Waals surface area contributed by atoms with Gasteiger partial charge in [-0.2, -0.15) is 0 Å². The number of carbonyl (C=O) groups excluding carboxylic acids is 1. The van der Waals surface area contributed by atoms with Crippen LogP contribution in [0.5, 0.6) is 0 Å². The molecule has 0 aliphatic carbocycles. The number of phosphoric acid groups is 1. The topological polar surface area (TPSA) is 145 Å². The maximum absolute atomic E-state index is 10.8. The summed E-state index contributed by atoms with van der Waals surface area (Å²) >= 11 is 0. The molecule has 0 aromatic carbocycles. The number of phosphoric ester groups is 1. The van der Waals surface area contributed by atoms with E-state index in [1.807, 2.05) is 0 Å². The van der Waals surface area contributed by atoms with Gasteiger partial charge in [-0.1, -0.05) is 0 Å². The summed E-state index contributed by atoms with van der Waals surface area (Å²) in [6.07, 6.45) is 0. The van der Waals surface area contributed by atoms with Crippen LogP contribution in [0.1, 0.15) is 0 Å². The van der Waals surface area contributed by atoms with Gasteiger partial charge in [-0.15, -0.1) is 0 Å². The van der Waals surface area contributed by atoms with Gasteiger partial charge in [0, 0.05) is 0 Å². The molecule has 0 saturated carbocycles. The molecule has 0 fully saturated rings. The Balaban J connectivity index is 4.42. The number of aliphatic hydroxyl groups is 3. The van der Waals surface area contributed by atoms with Crippen molar-refractivity contribution in [3.63, 3.8) is 0 Å². The van der Waals surface area contributed by atoms with E-state index in [0.29, 0.717) is 0 Å². The monoisotopic (exact) mass is 230 g/mol. The van der Waals surface area contributed by atoms with Gasteiger partial charge in [0.15, 0.2) is 11.4 Å². The predicted octanol–water partition coefficient (Wildman–Crippen LogP) is -2.62. The van der Waals surface area contributed by atoms with E-state index in [1.165, 1.54) is 0 Å². The molecular weight excluding hydrogens is 219 g/mol. The quantitative estimate of drug-likeness (QED) is 0.312. The molecule has 1 atom stereocenters. The van der Waals surface area contributed by atoms with E-state index < -0.39 is 39.0 Å². The van der Waals surface area contributed by atoms with Crippen molar-refractivity contribution in [3.05, 3.63) is 0 Å². The van der Waals surface area contributed by atoms with Gasteiger partial charge in [0.25, 0.3) is 0 Å². The molecule has 84 valence electrons. The minimum atomic E-state index is -4.83. The number of hydrogen-bond donors (Lipinski definition) is 5. The predicted molar refractivity (Wildman–Crippen MR) is 42.1 cm³/mol. The first-order valence-corrected chi connectivity index (χ1v) is 4.95. The van der Waals surface area contributed by atoms with E-state index in [2.05, 4.69) is 4.52 Å². The van der Waals surface area contributed by atoms with Crippen LogP contribution in [0.4, 0.5) is 0 Å². The Morgan fingerprint density at radius 2 is 1.86 bits per heavy atom. The zero-order valence-corrected chi connectivity index (χ0v) is 7.92. The van der Waals surface area contributed by atoms with Crippen LogP contribution in [0.15, 0.2) is 0 Å². The summed E-state index contributed by atoms with van der Waals surface area (Å²) in [5.74, 6) is -1.19. The van der Waals surface area contributed by atoms with Crippen LogP contribution in [0.2, 0.25) is 0 Å². The zero-order chi connectivity index (χ0) is 11.4. The van der Waals surface area contributed by atoms with E-state index in [9.17, 15) is 14.5 Å². The third-order valence-corrected chi connectivity index (χ3v) is 1.86. The van der Waals surface area contributed by atoms with Crippen molar-refractivity contribution in [3.8, 4) is 0 Å². The molecule has 0 radical (unpaired) electrons. The summed E-state index contributed by atoms with van der Waals surface area (Å²) in [5.41, 5.74) is -2.49. The fourth-order valence-electron chi connectivity index (χ4n) is 0.552. The number of Topliss-reactive ketones (excluding diaryl/α,β-unsaturated/α-hetero) is 1. The molecule has 0 heterocycles. The first kappa shape index (κ1) is 13.7. The molecule has 5 N–H and O–H groups in total. The molecule has 0 aromatic heterocycles. The van der Waals surface area contributed by atoms with Crippen LogP contribution >= 0.6 is 7.82 Å². The maximum atomic E-state index is 10.8. The second-order valence-electron chi connectivity index (χ2n) is 2.54. The van der Waals surface area contributed by atoms with E-state index in [-0.39, 0.29) is 0 Å². The lowest BCUT2D eigenvalue weighted by Crippen LogP contribution is -2.48. The van der Waals surface area contributed by atoms with E-state index in [1.54, 1.807) is 0 Å². The van der Waals surface area contributed by atoms with Gasteiger partial charge in [0.05, 0.1) is 13.2 Å². The Morgan fingerprint density at radius 1 is 1.36 bits per heavy atom. The van der Waals surface area contributed by atoms with E-state index in [0.717, 1.165) is 0 Å². The molecule has 8 nitrogen and oxygen atoms in total. The van der Waals surface area contributed by atoms with Crippen LogP contribution in [0.3, 0.4) is 0 Å². The van der Waals surface area contributed by atoms with E-state index >= 15 is 0 Å². The van der Waals surface area contributed by atoms with Crippen molar-refractivity contribution in [2.24, 2.45) is 0 Å². The van der Waals surface area contributed by atoms with Gasteiger partial charge in [-0.3, -0.25) is 9.32 Å². The zero-order valence-electron chi connectivity index (χ0n) is 7.03. The molecule has 0 spiro atoms.